The minimum atomic E-state index is -1.62. The van der Waals surface area contributed by atoms with E-state index in [4.69, 9.17) is 14.2 Å². The van der Waals surface area contributed by atoms with E-state index in [2.05, 4.69) is 50.4 Å². The second-order valence-electron chi connectivity index (χ2n) is 19.7. The Morgan fingerprint density at radius 1 is 0.559 bits per heavy atom. The molecule has 0 aromatic heterocycles. The summed E-state index contributed by atoms with van der Waals surface area (Å²) >= 11 is 0. The lowest BCUT2D eigenvalue weighted by molar-refractivity contribution is -0.305. The van der Waals surface area contributed by atoms with Crippen LogP contribution in [0.4, 0.5) is 0 Å². The first-order valence-corrected chi connectivity index (χ1v) is 28.3. The third-order valence-corrected chi connectivity index (χ3v) is 13.3. The highest BCUT2D eigenvalue weighted by molar-refractivity contribution is 5.80. The smallest absolute Gasteiger partial charge is 0.306 e. The average molecular weight is 964 g/mol. The quantitative estimate of drug-likeness (QED) is 0.0196. The number of aliphatic hydroxyl groups is 5. The topological polar surface area (TPSA) is 175 Å². The predicted molar refractivity (Wildman–Crippen MR) is 278 cm³/mol. The van der Waals surface area contributed by atoms with E-state index < -0.39 is 67.4 Å². The van der Waals surface area contributed by atoms with E-state index in [0.29, 0.717) is 12.8 Å². The molecule has 0 radical (unpaired) electrons. The minimum Gasteiger partial charge on any atom is -0.454 e. The van der Waals surface area contributed by atoms with Crippen molar-refractivity contribution in [2.75, 3.05) is 13.2 Å². The van der Waals surface area contributed by atoms with Gasteiger partial charge in [0, 0.05) is 6.42 Å². The molecular formula is C57H105NO10. The molecule has 398 valence electrons. The second kappa shape index (κ2) is 46.0. The van der Waals surface area contributed by atoms with Gasteiger partial charge in [0.25, 0.3) is 0 Å². The van der Waals surface area contributed by atoms with Crippen molar-refractivity contribution in [3.05, 3.63) is 36.5 Å². The van der Waals surface area contributed by atoms with Gasteiger partial charge < -0.3 is 45.1 Å². The van der Waals surface area contributed by atoms with E-state index in [9.17, 15) is 35.1 Å². The molecule has 1 fully saturated rings. The number of amides is 1. The maximum atomic E-state index is 13.3. The maximum Gasteiger partial charge on any atom is 0.306 e. The van der Waals surface area contributed by atoms with E-state index in [1.807, 2.05) is 6.08 Å². The molecule has 1 amide bonds. The Labute approximate surface area is 415 Å². The average Bonchev–Trinajstić information content (AvgIpc) is 3.33. The van der Waals surface area contributed by atoms with Gasteiger partial charge >= 0.3 is 5.97 Å². The van der Waals surface area contributed by atoms with Crippen molar-refractivity contribution in [3.63, 3.8) is 0 Å². The number of carbonyl (C=O) groups excluding carboxylic acids is 2. The van der Waals surface area contributed by atoms with E-state index in [1.54, 1.807) is 6.08 Å². The molecule has 0 bridgehead atoms. The first kappa shape index (κ1) is 63.9. The molecule has 8 unspecified atom stereocenters. The van der Waals surface area contributed by atoms with Crippen molar-refractivity contribution in [2.24, 2.45) is 0 Å². The van der Waals surface area contributed by atoms with Gasteiger partial charge in [-0.05, 0) is 77.0 Å². The van der Waals surface area contributed by atoms with Crippen molar-refractivity contribution in [3.8, 4) is 0 Å². The number of ether oxygens (including phenoxy) is 3. The van der Waals surface area contributed by atoms with Crippen LogP contribution in [0.15, 0.2) is 36.5 Å². The van der Waals surface area contributed by atoms with Crippen LogP contribution in [0.5, 0.6) is 0 Å². The summed E-state index contributed by atoms with van der Waals surface area (Å²) in [5.41, 5.74) is 0. The SMILES string of the molecule is CCCCCCCCC/C=C\CCCCCC(=O)OC1C(OCC(NC(=O)C(O)CCCC/C=C\CCCCCCCCC)C(O)/C=C/CCCCCCCCCCCC)OC(CO)C(O)C1O. The summed E-state index contributed by atoms with van der Waals surface area (Å²) in [5, 5.41) is 56.7. The van der Waals surface area contributed by atoms with Crippen molar-refractivity contribution >= 4 is 11.9 Å². The van der Waals surface area contributed by atoms with E-state index in [1.165, 1.54) is 141 Å². The van der Waals surface area contributed by atoms with Crippen LogP contribution in [-0.2, 0) is 23.8 Å². The fourth-order valence-electron chi connectivity index (χ4n) is 8.70. The molecule has 0 aromatic carbocycles. The molecule has 0 aliphatic carbocycles. The first-order chi connectivity index (χ1) is 33.2. The van der Waals surface area contributed by atoms with Gasteiger partial charge in [-0.3, -0.25) is 9.59 Å². The van der Waals surface area contributed by atoms with Crippen molar-refractivity contribution in [1.29, 1.82) is 0 Å². The number of hydrogen-bond acceptors (Lipinski definition) is 10. The molecular weight excluding hydrogens is 859 g/mol. The molecule has 1 saturated heterocycles. The summed E-state index contributed by atoms with van der Waals surface area (Å²) in [7, 11) is 0. The Kier molecular flexibility index (Phi) is 43.2. The molecule has 0 aromatic rings. The standard InChI is InChI=1S/C57H105NO10/c1-4-7-10-13-16-19-22-25-27-30-33-36-39-42-45-52(62)68-55-54(64)53(63)51(46-59)67-57(55)66-47-48(49(60)43-40-37-34-31-28-24-21-18-15-12-9-6-3)58-56(65)50(61)44-41-38-35-32-29-26-23-20-17-14-11-8-5-2/h27,29-30,32,40,43,48-51,53-55,57,59-61,63-64H,4-26,28,31,33-39,41-42,44-47H2,1-3H3,(H,58,65)/b30-27-,32-29-,43-40+. The first-order valence-electron chi connectivity index (χ1n) is 28.3. The summed E-state index contributed by atoms with van der Waals surface area (Å²) in [6.07, 6.45) is 41.9. The molecule has 1 aliphatic rings. The Balaban J connectivity index is 2.77. The summed E-state index contributed by atoms with van der Waals surface area (Å²) < 4.78 is 17.5. The van der Waals surface area contributed by atoms with E-state index in [-0.39, 0.29) is 19.4 Å². The molecule has 0 saturated carbocycles. The molecule has 11 nitrogen and oxygen atoms in total. The van der Waals surface area contributed by atoms with E-state index in [0.717, 1.165) is 64.2 Å². The molecule has 1 rings (SSSR count). The third-order valence-electron chi connectivity index (χ3n) is 13.3. The molecule has 8 atom stereocenters. The molecule has 68 heavy (non-hydrogen) atoms. The Morgan fingerprint density at radius 2 is 0.971 bits per heavy atom. The number of allylic oxidation sites excluding steroid dienone is 5. The molecule has 0 spiro atoms. The van der Waals surface area contributed by atoms with Crippen LogP contribution in [0.1, 0.15) is 252 Å². The van der Waals surface area contributed by atoms with Gasteiger partial charge in [-0.25, -0.2) is 0 Å². The summed E-state index contributed by atoms with van der Waals surface area (Å²) in [6.45, 7) is 5.74. The van der Waals surface area contributed by atoms with Crippen LogP contribution in [0.25, 0.3) is 0 Å². The zero-order valence-corrected chi connectivity index (χ0v) is 43.7. The Bertz CT molecular complexity index is 1240. The number of carbonyl (C=O) groups is 2. The van der Waals surface area contributed by atoms with Crippen LogP contribution in [-0.4, -0.2) is 99.6 Å². The Hall–Kier alpha value is -2.12. The summed E-state index contributed by atoms with van der Waals surface area (Å²) in [4.78, 5) is 26.4. The van der Waals surface area contributed by atoms with Crippen molar-refractivity contribution in [1.82, 2.24) is 5.32 Å². The normalized spacial score (nSPS) is 20.1. The van der Waals surface area contributed by atoms with Gasteiger partial charge in [0.1, 0.15) is 24.4 Å². The monoisotopic (exact) mass is 964 g/mol. The van der Waals surface area contributed by atoms with Crippen LogP contribution < -0.4 is 5.32 Å². The predicted octanol–water partition coefficient (Wildman–Crippen LogP) is 12.3. The largest absolute Gasteiger partial charge is 0.454 e. The van der Waals surface area contributed by atoms with Crippen LogP contribution in [0.2, 0.25) is 0 Å². The fraction of sp³-hybridized carbons (Fsp3) is 0.860. The number of unbranched alkanes of at least 4 members (excludes halogenated alkanes) is 29. The van der Waals surface area contributed by atoms with Crippen molar-refractivity contribution in [2.45, 2.75) is 301 Å². The number of esters is 1. The number of rotatable bonds is 47. The summed E-state index contributed by atoms with van der Waals surface area (Å²) in [5.74, 6) is -1.22. The third kappa shape index (κ3) is 34.2. The highest BCUT2D eigenvalue weighted by atomic mass is 16.7. The zero-order valence-electron chi connectivity index (χ0n) is 43.7. The fourth-order valence-corrected chi connectivity index (χ4v) is 8.70. The van der Waals surface area contributed by atoms with Gasteiger partial charge in [-0.15, -0.1) is 0 Å². The maximum absolute atomic E-state index is 13.3. The zero-order chi connectivity index (χ0) is 49.7. The van der Waals surface area contributed by atoms with Crippen LogP contribution in [0, 0.1) is 0 Å². The number of nitrogens with one attached hydrogen (secondary N) is 1. The highest BCUT2D eigenvalue weighted by Crippen LogP contribution is 2.26. The van der Waals surface area contributed by atoms with Gasteiger partial charge in [-0.1, -0.05) is 205 Å². The van der Waals surface area contributed by atoms with Crippen LogP contribution in [0.3, 0.4) is 0 Å². The van der Waals surface area contributed by atoms with Crippen molar-refractivity contribution < 1.29 is 49.3 Å². The van der Waals surface area contributed by atoms with Gasteiger partial charge in [-0.2, -0.15) is 0 Å². The van der Waals surface area contributed by atoms with Crippen LogP contribution >= 0.6 is 0 Å². The van der Waals surface area contributed by atoms with Gasteiger partial charge in [0.2, 0.25) is 5.91 Å². The lowest BCUT2D eigenvalue weighted by atomic mass is 9.99. The molecule has 11 heteroatoms. The van der Waals surface area contributed by atoms with Gasteiger partial charge in [0.15, 0.2) is 12.4 Å². The summed E-state index contributed by atoms with van der Waals surface area (Å²) in [6, 6.07) is -1.03. The lowest BCUT2D eigenvalue weighted by Crippen LogP contribution is -2.61. The number of aliphatic hydroxyl groups excluding tert-OH is 5. The lowest BCUT2D eigenvalue weighted by Gasteiger charge is -2.41. The second-order valence-corrected chi connectivity index (χ2v) is 19.7. The number of hydrogen-bond donors (Lipinski definition) is 6. The Morgan fingerprint density at radius 3 is 1.43 bits per heavy atom. The van der Waals surface area contributed by atoms with Gasteiger partial charge in [0.05, 0.1) is 25.4 Å². The van der Waals surface area contributed by atoms with E-state index >= 15 is 0 Å². The molecule has 1 aliphatic heterocycles. The minimum absolute atomic E-state index is 0.103. The highest BCUT2D eigenvalue weighted by Gasteiger charge is 2.47. The molecule has 1 heterocycles. The molecule has 6 N–H and O–H groups in total.